The summed E-state index contributed by atoms with van der Waals surface area (Å²) in [4.78, 5) is 33.9. The Morgan fingerprint density at radius 2 is 1.55 bits per heavy atom. The van der Waals surface area contributed by atoms with Gasteiger partial charge in [0, 0.05) is 6.20 Å². The van der Waals surface area contributed by atoms with Crippen LogP contribution in [-0.4, -0.2) is 70.2 Å². The SMILES string of the molecule is O=C(Nc1cccnc1)C1CCC2(CCNCC2)O1.O=C(O)C(F)(F)F.O=C(O)C(F)(F)F. The normalized spacial score (nSPS) is 19.4. The zero-order chi connectivity index (χ0) is 25.3. The molecule has 1 spiro atoms. The number of carbonyl (C=O) groups excluding carboxylic acids is 1. The van der Waals surface area contributed by atoms with Gasteiger partial charge in [-0.2, -0.15) is 26.3 Å². The van der Waals surface area contributed by atoms with E-state index in [4.69, 9.17) is 24.5 Å². The number of rotatable bonds is 2. The summed E-state index contributed by atoms with van der Waals surface area (Å²) in [5, 5.41) is 20.4. The maximum absolute atomic E-state index is 12.2. The van der Waals surface area contributed by atoms with E-state index in [9.17, 15) is 31.1 Å². The van der Waals surface area contributed by atoms with Gasteiger partial charge in [0.15, 0.2) is 0 Å². The largest absolute Gasteiger partial charge is 0.490 e. The number of halogens is 6. The molecular weight excluding hydrogens is 468 g/mol. The summed E-state index contributed by atoms with van der Waals surface area (Å²) < 4.78 is 69.5. The lowest BCUT2D eigenvalue weighted by atomic mass is 9.89. The highest BCUT2D eigenvalue weighted by molar-refractivity contribution is 5.94. The van der Waals surface area contributed by atoms with Gasteiger partial charge >= 0.3 is 24.3 Å². The molecule has 9 nitrogen and oxygen atoms in total. The van der Waals surface area contributed by atoms with E-state index in [0.29, 0.717) is 0 Å². The van der Waals surface area contributed by atoms with E-state index >= 15 is 0 Å². The number of hydrogen-bond acceptors (Lipinski definition) is 6. The predicted molar refractivity (Wildman–Crippen MR) is 99.2 cm³/mol. The van der Waals surface area contributed by atoms with Gasteiger partial charge in [-0.3, -0.25) is 9.78 Å². The minimum atomic E-state index is -5.08. The van der Waals surface area contributed by atoms with Crippen molar-refractivity contribution in [3.8, 4) is 0 Å². The van der Waals surface area contributed by atoms with E-state index in [1.54, 1.807) is 18.5 Å². The number of aromatic nitrogens is 1. The second kappa shape index (κ2) is 11.8. The molecule has 0 aliphatic carbocycles. The van der Waals surface area contributed by atoms with E-state index in [-0.39, 0.29) is 17.6 Å². The molecule has 1 aromatic rings. The first-order valence-corrected chi connectivity index (χ1v) is 9.36. The molecule has 3 heterocycles. The average molecular weight is 489 g/mol. The van der Waals surface area contributed by atoms with Gasteiger partial charge in [-0.25, -0.2) is 9.59 Å². The number of pyridine rings is 1. The molecule has 2 aliphatic heterocycles. The lowest BCUT2D eigenvalue weighted by Gasteiger charge is -2.33. The lowest BCUT2D eigenvalue weighted by molar-refractivity contribution is -0.193. The highest BCUT2D eigenvalue weighted by atomic mass is 19.4. The summed E-state index contributed by atoms with van der Waals surface area (Å²) >= 11 is 0. The summed E-state index contributed by atoms with van der Waals surface area (Å²) in [5.41, 5.74) is 0.657. The number of ether oxygens (including phenoxy) is 1. The number of amides is 1. The van der Waals surface area contributed by atoms with Gasteiger partial charge in [0.1, 0.15) is 6.10 Å². The Labute approximate surface area is 183 Å². The van der Waals surface area contributed by atoms with Crippen LogP contribution < -0.4 is 10.6 Å². The van der Waals surface area contributed by atoms with Crippen molar-refractivity contribution >= 4 is 23.5 Å². The van der Waals surface area contributed by atoms with Gasteiger partial charge < -0.3 is 25.6 Å². The molecule has 2 fully saturated rings. The zero-order valence-electron chi connectivity index (χ0n) is 16.9. The molecular formula is C18H21F6N3O6. The number of aliphatic carboxylic acids is 2. The molecule has 15 heteroatoms. The van der Waals surface area contributed by atoms with Crippen LogP contribution >= 0.6 is 0 Å². The first kappa shape index (κ1) is 28.1. The third-order valence-electron chi connectivity index (χ3n) is 4.48. The molecule has 0 bridgehead atoms. The number of carboxylic acids is 2. The van der Waals surface area contributed by atoms with Crippen LogP contribution in [0.5, 0.6) is 0 Å². The Balaban J connectivity index is 0.000000324. The van der Waals surface area contributed by atoms with Gasteiger partial charge in [0.05, 0.1) is 17.5 Å². The zero-order valence-corrected chi connectivity index (χ0v) is 16.9. The first-order chi connectivity index (χ1) is 15.2. The summed E-state index contributed by atoms with van der Waals surface area (Å²) in [7, 11) is 0. The number of hydrogen-bond donors (Lipinski definition) is 4. The Morgan fingerprint density at radius 1 is 1.03 bits per heavy atom. The van der Waals surface area contributed by atoms with Crippen LogP contribution in [0.25, 0.3) is 0 Å². The van der Waals surface area contributed by atoms with E-state index in [0.717, 1.165) is 44.5 Å². The number of carbonyl (C=O) groups is 3. The number of nitrogens with one attached hydrogen (secondary N) is 2. The maximum Gasteiger partial charge on any atom is 0.490 e. The van der Waals surface area contributed by atoms with Gasteiger partial charge in [-0.05, 0) is 50.9 Å². The molecule has 0 aromatic carbocycles. The summed E-state index contributed by atoms with van der Waals surface area (Å²) in [6.45, 7) is 1.97. The predicted octanol–water partition coefficient (Wildman–Crippen LogP) is 2.59. The number of carboxylic acid groups (broad SMARTS) is 2. The molecule has 1 atom stereocenters. The number of alkyl halides is 6. The standard InChI is InChI=1S/C14H19N3O2.2C2HF3O2/c18-13(17-11-2-1-7-16-10-11)12-3-4-14(19-12)5-8-15-9-6-14;2*3-2(4,5)1(6)7/h1-2,7,10,12,15H,3-6,8-9H2,(H,17,18);2*(H,6,7). The molecule has 3 rings (SSSR count). The third kappa shape index (κ3) is 10.0. The topological polar surface area (TPSA) is 138 Å². The molecule has 1 unspecified atom stereocenters. The Hall–Kier alpha value is -2.94. The molecule has 33 heavy (non-hydrogen) atoms. The minimum Gasteiger partial charge on any atom is -0.475 e. The molecule has 4 N–H and O–H groups in total. The average Bonchev–Trinajstić information content (AvgIpc) is 3.12. The van der Waals surface area contributed by atoms with Crippen LogP contribution in [0.4, 0.5) is 32.0 Å². The van der Waals surface area contributed by atoms with Crippen molar-refractivity contribution in [3.63, 3.8) is 0 Å². The smallest absolute Gasteiger partial charge is 0.475 e. The van der Waals surface area contributed by atoms with Crippen LogP contribution in [0, 0.1) is 0 Å². The lowest BCUT2D eigenvalue weighted by Crippen LogP contribution is -2.43. The first-order valence-electron chi connectivity index (χ1n) is 9.36. The maximum atomic E-state index is 12.2. The van der Waals surface area contributed by atoms with Crippen molar-refractivity contribution < 1.29 is 55.7 Å². The van der Waals surface area contributed by atoms with E-state index < -0.39 is 24.3 Å². The van der Waals surface area contributed by atoms with E-state index in [2.05, 4.69) is 15.6 Å². The van der Waals surface area contributed by atoms with Gasteiger partial charge in [-0.15, -0.1) is 0 Å². The summed E-state index contributed by atoms with van der Waals surface area (Å²) in [6, 6.07) is 3.64. The highest BCUT2D eigenvalue weighted by Gasteiger charge is 2.43. The van der Waals surface area contributed by atoms with Crippen LogP contribution in [0.3, 0.4) is 0 Å². The fourth-order valence-corrected chi connectivity index (χ4v) is 2.91. The second-order valence-electron chi connectivity index (χ2n) is 6.91. The van der Waals surface area contributed by atoms with Gasteiger partial charge in [0.2, 0.25) is 0 Å². The van der Waals surface area contributed by atoms with Gasteiger partial charge in [0.25, 0.3) is 5.91 Å². The quantitative estimate of drug-likeness (QED) is 0.466. The minimum absolute atomic E-state index is 0.0524. The van der Waals surface area contributed by atoms with Crippen molar-refractivity contribution in [2.75, 3.05) is 18.4 Å². The number of anilines is 1. The Bertz CT molecular complexity index is 773. The van der Waals surface area contributed by atoms with E-state index in [1.165, 1.54) is 0 Å². The number of nitrogens with zero attached hydrogens (tertiary/aromatic N) is 1. The molecule has 1 amide bonds. The second-order valence-corrected chi connectivity index (χ2v) is 6.91. The molecule has 2 aliphatic rings. The van der Waals surface area contributed by atoms with Crippen LogP contribution in [-0.2, 0) is 19.1 Å². The molecule has 186 valence electrons. The van der Waals surface area contributed by atoms with E-state index in [1.807, 2.05) is 6.07 Å². The molecule has 1 aromatic heterocycles. The highest BCUT2D eigenvalue weighted by Crippen LogP contribution is 2.37. The van der Waals surface area contributed by atoms with Crippen molar-refractivity contribution in [2.24, 2.45) is 0 Å². The van der Waals surface area contributed by atoms with Crippen molar-refractivity contribution in [1.29, 1.82) is 0 Å². The molecule has 0 radical (unpaired) electrons. The number of piperidine rings is 1. The van der Waals surface area contributed by atoms with Crippen LogP contribution in [0.15, 0.2) is 24.5 Å². The Morgan fingerprint density at radius 3 is 1.97 bits per heavy atom. The molecule has 0 saturated carbocycles. The van der Waals surface area contributed by atoms with Crippen LogP contribution in [0.2, 0.25) is 0 Å². The summed E-state index contributed by atoms with van der Waals surface area (Å²) in [6.07, 6.45) is -3.35. The fraction of sp³-hybridized carbons (Fsp3) is 0.556. The monoisotopic (exact) mass is 489 g/mol. The molecule has 2 saturated heterocycles. The third-order valence-corrected chi connectivity index (χ3v) is 4.48. The van der Waals surface area contributed by atoms with Crippen LogP contribution in [0.1, 0.15) is 25.7 Å². The van der Waals surface area contributed by atoms with Crippen molar-refractivity contribution in [2.45, 2.75) is 49.7 Å². The van der Waals surface area contributed by atoms with Crippen molar-refractivity contribution in [1.82, 2.24) is 10.3 Å². The Kier molecular flexibility index (Phi) is 10.0. The fourth-order valence-electron chi connectivity index (χ4n) is 2.91. The van der Waals surface area contributed by atoms with Crippen molar-refractivity contribution in [3.05, 3.63) is 24.5 Å². The van der Waals surface area contributed by atoms with Gasteiger partial charge in [-0.1, -0.05) is 0 Å². The summed E-state index contributed by atoms with van der Waals surface area (Å²) in [5.74, 6) is -5.57.